The fraction of sp³-hybridized carbons (Fsp3) is 0.267. The largest absolute Gasteiger partial charge is 0.508 e. The number of ether oxygens (including phenoxy) is 1. The Bertz CT molecular complexity index is 843. The molecule has 1 aromatic carbocycles. The normalized spacial score (nSPS) is 17.7. The monoisotopic (exact) mass is 329 g/mol. The Kier molecular flexibility index (Phi) is 3.55. The molecular weight excluding hydrogens is 314 g/mol. The van der Waals surface area contributed by atoms with Gasteiger partial charge >= 0.3 is 0 Å². The second-order valence-electron chi connectivity index (χ2n) is 5.34. The van der Waals surface area contributed by atoms with Gasteiger partial charge in [-0.2, -0.15) is 0 Å². The maximum Gasteiger partial charge on any atom is 0.188 e. The number of benzene rings is 1. The summed E-state index contributed by atoms with van der Waals surface area (Å²) in [5.74, 6) is 0.781. The number of rotatable bonds is 3. The second-order valence-corrected chi connectivity index (χ2v) is 5.74. The van der Waals surface area contributed by atoms with Gasteiger partial charge in [-0.1, -0.05) is 0 Å². The first-order valence-corrected chi connectivity index (χ1v) is 7.76. The number of thiol groups is 1. The van der Waals surface area contributed by atoms with Crippen molar-refractivity contribution in [3.63, 3.8) is 0 Å². The highest BCUT2D eigenvalue weighted by molar-refractivity contribution is 7.80. The van der Waals surface area contributed by atoms with Crippen molar-refractivity contribution in [2.75, 3.05) is 11.9 Å². The van der Waals surface area contributed by atoms with Crippen LogP contribution >= 0.6 is 12.6 Å². The van der Waals surface area contributed by atoms with E-state index in [1.54, 1.807) is 30.6 Å². The minimum absolute atomic E-state index is 0.0378. The molecule has 2 aromatic heterocycles. The van der Waals surface area contributed by atoms with Crippen LogP contribution in [0.15, 0.2) is 35.7 Å². The van der Waals surface area contributed by atoms with E-state index >= 15 is 0 Å². The number of nitrogens with zero attached hydrogens (tertiary/aromatic N) is 4. The summed E-state index contributed by atoms with van der Waals surface area (Å²) in [7, 11) is 0. The Labute approximate surface area is 137 Å². The number of phenols is 1. The molecule has 1 atom stereocenters. The lowest BCUT2D eigenvalue weighted by atomic mass is 10.3. The Hall–Kier alpha value is -2.32. The van der Waals surface area contributed by atoms with Crippen LogP contribution < -0.4 is 5.32 Å². The van der Waals surface area contributed by atoms with E-state index in [0.29, 0.717) is 22.1 Å². The van der Waals surface area contributed by atoms with Gasteiger partial charge in [-0.15, -0.1) is 12.6 Å². The molecule has 3 heterocycles. The molecule has 1 aliphatic rings. The minimum atomic E-state index is -0.0378. The van der Waals surface area contributed by atoms with E-state index in [1.165, 1.54) is 0 Å². The molecule has 0 spiro atoms. The highest BCUT2D eigenvalue weighted by Gasteiger charge is 2.22. The van der Waals surface area contributed by atoms with Crippen molar-refractivity contribution >= 4 is 35.3 Å². The first kappa shape index (κ1) is 14.3. The minimum Gasteiger partial charge on any atom is -0.508 e. The van der Waals surface area contributed by atoms with Crippen molar-refractivity contribution in [3.8, 4) is 5.75 Å². The molecule has 3 aromatic rings. The molecule has 0 saturated carbocycles. The number of phenolic OH excluding ortho intramolecular Hbond substituents is 1. The van der Waals surface area contributed by atoms with Crippen LogP contribution in [0.25, 0.3) is 11.2 Å². The Balaban J connectivity index is 1.75. The number of hydrogen-bond acceptors (Lipinski definition) is 7. The third-order valence-electron chi connectivity index (χ3n) is 3.76. The summed E-state index contributed by atoms with van der Waals surface area (Å²) in [6, 6.07) is 6.73. The molecule has 1 unspecified atom stereocenters. The van der Waals surface area contributed by atoms with E-state index in [9.17, 15) is 5.11 Å². The van der Waals surface area contributed by atoms with E-state index in [2.05, 4.69) is 32.9 Å². The summed E-state index contributed by atoms with van der Waals surface area (Å²) in [6.45, 7) is 0.752. The van der Waals surface area contributed by atoms with Gasteiger partial charge in [0.25, 0.3) is 0 Å². The highest BCUT2D eigenvalue weighted by atomic mass is 32.1. The average molecular weight is 329 g/mol. The molecular formula is C15H15N5O2S. The van der Waals surface area contributed by atoms with Gasteiger partial charge in [-0.05, 0) is 37.1 Å². The van der Waals surface area contributed by atoms with Crippen LogP contribution in [-0.2, 0) is 4.74 Å². The van der Waals surface area contributed by atoms with Gasteiger partial charge in [0.05, 0.1) is 6.33 Å². The van der Waals surface area contributed by atoms with Crippen LogP contribution in [0, 0.1) is 0 Å². The van der Waals surface area contributed by atoms with Crippen LogP contribution in [0.2, 0.25) is 0 Å². The van der Waals surface area contributed by atoms with Gasteiger partial charge in [-0.3, -0.25) is 4.57 Å². The van der Waals surface area contributed by atoms with E-state index in [4.69, 9.17) is 4.74 Å². The van der Waals surface area contributed by atoms with Crippen molar-refractivity contribution < 1.29 is 9.84 Å². The number of aromatic hydroxyl groups is 1. The van der Waals surface area contributed by atoms with Crippen molar-refractivity contribution in [1.29, 1.82) is 0 Å². The predicted molar refractivity (Wildman–Crippen MR) is 88.2 cm³/mol. The molecule has 0 amide bonds. The maximum absolute atomic E-state index is 9.37. The molecule has 0 aliphatic carbocycles. The van der Waals surface area contributed by atoms with Crippen LogP contribution in [0.3, 0.4) is 0 Å². The van der Waals surface area contributed by atoms with Gasteiger partial charge in [0.1, 0.15) is 12.0 Å². The Morgan fingerprint density at radius 3 is 2.83 bits per heavy atom. The zero-order valence-electron chi connectivity index (χ0n) is 12.2. The van der Waals surface area contributed by atoms with Gasteiger partial charge in [0.15, 0.2) is 22.1 Å². The van der Waals surface area contributed by atoms with Crippen molar-refractivity contribution in [3.05, 3.63) is 30.6 Å². The number of nitrogens with one attached hydrogen (secondary N) is 1. The first-order valence-electron chi connectivity index (χ1n) is 7.32. The van der Waals surface area contributed by atoms with E-state index < -0.39 is 0 Å². The third-order valence-corrected chi connectivity index (χ3v) is 3.96. The highest BCUT2D eigenvalue weighted by Crippen LogP contribution is 2.30. The van der Waals surface area contributed by atoms with Gasteiger partial charge < -0.3 is 15.2 Å². The zero-order valence-corrected chi connectivity index (χ0v) is 13.1. The fourth-order valence-electron chi connectivity index (χ4n) is 2.66. The molecule has 8 heteroatoms. The third kappa shape index (κ3) is 2.71. The first-order chi connectivity index (χ1) is 11.2. The molecule has 7 nitrogen and oxygen atoms in total. The quantitative estimate of drug-likeness (QED) is 0.389. The Morgan fingerprint density at radius 1 is 1.26 bits per heavy atom. The lowest BCUT2D eigenvalue weighted by Gasteiger charge is -2.12. The molecule has 2 N–H and O–H groups in total. The predicted octanol–water partition coefficient (Wildman–Crippen LogP) is 2.87. The van der Waals surface area contributed by atoms with Crippen molar-refractivity contribution in [1.82, 2.24) is 19.5 Å². The van der Waals surface area contributed by atoms with E-state index in [-0.39, 0.29) is 12.0 Å². The zero-order chi connectivity index (χ0) is 15.8. The second kappa shape index (κ2) is 5.71. The topological polar surface area (TPSA) is 85.1 Å². The smallest absolute Gasteiger partial charge is 0.188 e. The van der Waals surface area contributed by atoms with Crippen LogP contribution in [0.1, 0.15) is 19.1 Å². The van der Waals surface area contributed by atoms with Crippen molar-refractivity contribution in [2.24, 2.45) is 0 Å². The van der Waals surface area contributed by atoms with Crippen LogP contribution in [-0.4, -0.2) is 31.2 Å². The average Bonchev–Trinajstić information content (AvgIpc) is 3.18. The summed E-state index contributed by atoms with van der Waals surface area (Å²) in [5, 5.41) is 12.9. The lowest BCUT2D eigenvalue weighted by molar-refractivity contribution is 0.0592. The maximum atomic E-state index is 9.37. The standard InChI is InChI=1S/C15H15N5O2S/c21-10-5-3-9(4-6-10)17-13-12-14(19-15(23)18-13)20(8-16-12)11-2-1-7-22-11/h3-6,8,11,21H,1-2,7H2,(H2,17,18,19,23). The Morgan fingerprint density at radius 2 is 2.09 bits per heavy atom. The molecule has 4 rings (SSSR count). The van der Waals surface area contributed by atoms with Gasteiger partial charge in [0, 0.05) is 12.3 Å². The molecule has 1 saturated heterocycles. The van der Waals surface area contributed by atoms with E-state index in [0.717, 1.165) is 25.1 Å². The summed E-state index contributed by atoms with van der Waals surface area (Å²) in [5.41, 5.74) is 2.15. The summed E-state index contributed by atoms with van der Waals surface area (Å²) in [4.78, 5) is 13.1. The fourth-order valence-corrected chi connectivity index (χ4v) is 2.86. The number of imidazole rings is 1. The van der Waals surface area contributed by atoms with Crippen molar-refractivity contribution in [2.45, 2.75) is 24.2 Å². The van der Waals surface area contributed by atoms with Gasteiger partial charge in [0.2, 0.25) is 0 Å². The van der Waals surface area contributed by atoms with Gasteiger partial charge in [-0.25, -0.2) is 15.0 Å². The number of fused-ring (bicyclic) bond motifs is 1. The molecule has 0 bridgehead atoms. The summed E-state index contributed by atoms with van der Waals surface area (Å²) >= 11 is 4.29. The number of aromatic nitrogens is 4. The summed E-state index contributed by atoms with van der Waals surface area (Å²) < 4.78 is 7.63. The SMILES string of the molecule is Oc1ccc(Nc2nc(S)nc3c2ncn3C2CCCO2)cc1. The molecule has 0 radical (unpaired) electrons. The van der Waals surface area contributed by atoms with E-state index in [1.807, 2.05) is 4.57 Å². The molecule has 1 fully saturated rings. The number of anilines is 2. The molecule has 118 valence electrons. The molecule has 23 heavy (non-hydrogen) atoms. The number of hydrogen-bond donors (Lipinski definition) is 3. The van der Waals surface area contributed by atoms with Crippen LogP contribution in [0.4, 0.5) is 11.5 Å². The van der Waals surface area contributed by atoms with Crippen LogP contribution in [0.5, 0.6) is 5.75 Å². The lowest BCUT2D eigenvalue weighted by Crippen LogP contribution is -2.07. The molecule has 1 aliphatic heterocycles. The summed E-state index contributed by atoms with van der Waals surface area (Å²) in [6.07, 6.45) is 3.66.